The Morgan fingerprint density at radius 3 is 2.57 bits per heavy atom. The third-order valence-corrected chi connectivity index (χ3v) is 2.49. The van der Waals surface area contributed by atoms with E-state index in [-0.39, 0.29) is 5.91 Å². The van der Waals surface area contributed by atoms with Crippen molar-refractivity contribution < 1.29 is 4.79 Å². The summed E-state index contributed by atoms with van der Waals surface area (Å²) in [4.78, 5) is 15.2. The van der Waals surface area contributed by atoms with Gasteiger partial charge in [-0.2, -0.15) is 0 Å². The van der Waals surface area contributed by atoms with Crippen LogP contribution in [-0.2, 0) is 10.3 Å². The molecule has 0 radical (unpaired) electrons. The number of pyridine rings is 1. The number of aromatic nitrogens is 1. The molecule has 0 aliphatic rings. The molecule has 1 amide bonds. The van der Waals surface area contributed by atoms with Gasteiger partial charge in [-0.05, 0) is 48.6 Å². The fourth-order valence-corrected chi connectivity index (χ4v) is 1.57. The van der Waals surface area contributed by atoms with Crippen molar-refractivity contribution in [2.24, 2.45) is 0 Å². The molecule has 0 atom stereocenters. The van der Waals surface area contributed by atoms with E-state index in [1.165, 1.54) is 6.92 Å². The molecule has 0 bridgehead atoms. The molecule has 1 N–H and O–H groups in total. The molecule has 1 aromatic heterocycles. The maximum atomic E-state index is 11.0. The molecule has 0 aromatic carbocycles. The first-order valence-electron chi connectivity index (χ1n) is 4.32. The van der Waals surface area contributed by atoms with Gasteiger partial charge in [0, 0.05) is 16.7 Å². The third kappa shape index (κ3) is 2.94. The Morgan fingerprint density at radius 1 is 1.50 bits per heavy atom. The molecule has 14 heavy (non-hydrogen) atoms. The van der Waals surface area contributed by atoms with Crippen molar-refractivity contribution in [1.82, 2.24) is 10.3 Å². The molecule has 0 aliphatic heterocycles. The quantitative estimate of drug-likeness (QED) is 0.850. The van der Waals surface area contributed by atoms with Crippen LogP contribution in [-0.4, -0.2) is 10.9 Å². The van der Waals surface area contributed by atoms with Crippen LogP contribution in [0.25, 0.3) is 0 Å². The Hall–Kier alpha value is -0.650. The second-order valence-electron chi connectivity index (χ2n) is 3.67. The van der Waals surface area contributed by atoms with E-state index in [1.54, 1.807) is 6.20 Å². The summed E-state index contributed by atoms with van der Waals surface area (Å²) in [6.45, 7) is 5.38. The van der Waals surface area contributed by atoms with Crippen LogP contribution >= 0.6 is 22.6 Å². The van der Waals surface area contributed by atoms with Crippen molar-refractivity contribution in [2.45, 2.75) is 26.3 Å². The highest BCUT2D eigenvalue weighted by molar-refractivity contribution is 14.1. The Labute approximate surface area is 97.4 Å². The number of carbonyl (C=O) groups is 1. The van der Waals surface area contributed by atoms with E-state index in [4.69, 9.17) is 0 Å². The standard InChI is InChI=1S/C10H13IN2O/c1-7(14)13-10(2,3)9-5-4-8(11)6-12-9/h4-6H,1-3H3,(H,13,14). The lowest BCUT2D eigenvalue weighted by molar-refractivity contribution is -0.120. The van der Waals surface area contributed by atoms with Crippen molar-refractivity contribution in [3.63, 3.8) is 0 Å². The van der Waals surface area contributed by atoms with Gasteiger partial charge in [-0.1, -0.05) is 0 Å². The molecule has 0 spiro atoms. The lowest BCUT2D eigenvalue weighted by Gasteiger charge is -2.24. The lowest BCUT2D eigenvalue weighted by Crippen LogP contribution is -2.40. The molecule has 1 aromatic rings. The van der Waals surface area contributed by atoms with E-state index in [1.807, 2.05) is 26.0 Å². The summed E-state index contributed by atoms with van der Waals surface area (Å²) < 4.78 is 1.09. The average molecular weight is 304 g/mol. The zero-order chi connectivity index (χ0) is 10.8. The highest BCUT2D eigenvalue weighted by atomic mass is 127. The Bertz CT molecular complexity index is 332. The van der Waals surface area contributed by atoms with E-state index in [2.05, 4.69) is 32.9 Å². The van der Waals surface area contributed by atoms with Crippen molar-refractivity contribution in [3.05, 3.63) is 27.6 Å². The monoisotopic (exact) mass is 304 g/mol. The number of hydrogen-bond donors (Lipinski definition) is 1. The van der Waals surface area contributed by atoms with Crippen LogP contribution in [0.3, 0.4) is 0 Å². The first-order chi connectivity index (χ1) is 6.42. The van der Waals surface area contributed by atoms with Gasteiger partial charge in [-0.25, -0.2) is 0 Å². The molecule has 0 saturated heterocycles. The fourth-order valence-electron chi connectivity index (χ4n) is 1.25. The summed E-state index contributed by atoms with van der Waals surface area (Å²) >= 11 is 2.20. The molecule has 4 heteroatoms. The van der Waals surface area contributed by atoms with Gasteiger partial charge in [0.2, 0.25) is 5.91 Å². The van der Waals surface area contributed by atoms with Crippen LogP contribution in [0.1, 0.15) is 26.5 Å². The molecule has 0 aliphatic carbocycles. The van der Waals surface area contributed by atoms with Gasteiger partial charge in [0.1, 0.15) is 0 Å². The van der Waals surface area contributed by atoms with Crippen LogP contribution in [0.5, 0.6) is 0 Å². The Morgan fingerprint density at radius 2 is 2.14 bits per heavy atom. The van der Waals surface area contributed by atoms with Gasteiger partial charge in [0.25, 0.3) is 0 Å². The number of hydrogen-bond acceptors (Lipinski definition) is 2. The molecule has 76 valence electrons. The minimum atomic E-state index is -0.407. The van der Waals surface area contributed by atoms with Gasteiger partial charge >= 0.3 is 0 Å². The number of nitrogens with one attached hydrogen (secondary N) is 1. The van der Waals surface area contributed by atoms with Crippen molar-refractivity contribution >= 4 is 28.5 Å². The maximum absolute atomic E-state index is 11.0. The predicted molar refractivity (Wildman–Crippen MR) is 63.8 cm³/mol. The van der Waals surface area contributed by atoms with Gasteiger partial charge in [0.05, 0.1) is 11.2 Å². The maximum Gasteiger partial charge on any atom is 0.217 e. The summed E-state index contributed by atoms with van der Waals surface area (Å²) in [6.07, 6.45) is 1.79. The minimum Gasteiger partial charge on any atom is -0.346 e. The number of halogens is 1. The van der Waals surface area contributed by atoms with E-state index in [0.29, 0.717) is 0 Å². The summed E-state index contributed by atoms with van der Waals surface area (Å²) in [5.74, 6) is -0.0460. The molecular formula is C10H13IN2O. The summed E-state index contributed by atoms with van der Waals surface area (Å²) in [5, 5.41) is 2.85. The summed E-state index contributed by atoms with van der Waals surface area (Å²) in [7, 11) is 0. The molecule has 0 fully saturated rings. The van der Waals surface area contributed by atoms with E-state index >= 15 is 0 Å². The number of carbonyl (C=O) groups excluding carboxylic acids is 1. The molecule has 1 heterocycles. The normalized spacial score (nSPS) is 11.1. The number of rotatable bonds is 2. The average Bonchev–Trinajstić information content (AvgIpc) is 2.02. The highest BCUT2D eigenvalue weighted by Gasteiger charge is 2.22. The van der Waals surface area contributed by atoms with E-state index < -0.39 is 5.54 Å². The second-order valence-corrected chi connectivity index (χ2v) is 4.91. The SMILES string of the molecule is CC(=O)NC(C)(C)c1ccc(I)cn1. The van der Waals surface area contributed by atoms with Gasteiger partial charge in [-0.3, -0.25) is 9.78 Å². The number of amides is 1. The third-order valence-electron chi connectivity index (χ3n) is 1.86. The van der Waals surface area contributed by atoms with Crippen molar-refractivity contribution in [1.29, 1.82) is 0 Å². The summed E-state index contributed by atoms with van der Waals surface area (Å²) in [6, 6.07) is 3.91. The molecule has 1 rings (SSSR count). The largest absolute Gasteiger partial charge is 0.346 e. The lowest BCUT2D eigenvalue weighted by atomic mass is 10.00. The minimum absolute atomic E-state index is 0.0460. The van der Waals surface area contributed by atoms with Crippen LogP contribution in [0, 0.1) is 3.57 Å². The molecule has 0 unspecified atom stereocenters. The zero-order valence-corrected chi connectivity index (χ0v) is 10.6. The Balaban J connectivity index is 2.91. The topological polar surface area (TPSA) is 42.0 Å². The Kier molecular flexibility index (Phi) is 3.47. The molecular weight excluding hydrogens is 291 g/mol. The van der Waals surface area contributed by atoms with Gasteiger partial charge in [0.15, 0.2) is 0 Å². The second kappa shape index (κ2) is 4.25. The smallest absolute Gasteiger partial charge is 0.217 e. The van der Waals surface area contributed by atoms with Crippen molar-refractivity contribution in [2.75, 3.05) is 0 Å². The molecule has 3 nitrogen and oxygen atoms in total. The molecule has 0 saturated carbocycles. The predicted octanol–water partition coefficient (Wildman–Crippen LogP) is 2.06. The fraction of sp³-hybridized carbons (Fsp3) is 0.400. The van der Waals surface area contributed by atoms with Gasteiger partial charge in [-0.15, -0.1) is 0 Å². The van der Waals surface area contributed by atoms with Gasteiger partial charge < -0.3 is 5.32 Å². The zero-order valence-electron chi connectivity index (χ0n) is 8.47. The van der Waals surface area contributed by atoms with Crippen LogP contribution in [0.4, 0.5) is 0 Å². The first-order valence-corrected chi connectivity index (χ1v) is 5.40. The van der Waals surface area contributed by atoms with Crippen molar-refractivity contribution in [3.8, 4) is 0 Å². The van der Waals surface area contributed by atoms with E-state index in [0.717, 1.165) is 9.26 Å². The van der Waals surface area contributed by atoms with Crippen LogP contribution in [0.2, 0.25) is 0 Å². The van der Waals surface area contributed by atoms with Crippen LogP contribution < -0.4 is 5.32 Å². The van der Waals surface area contributed by atoms with Crippen LogP contribution in [0.15, 0.2) is 18.3 Å². The van der Waals surface area contributed by atoms with E-state index in [9.17, 15) is 4.79 Å². The number of nitrogens with zero attached hydrogens (tertiary/aromatic N) is 1. The first kappa shape index (κ1) is 11.4. The highest BCUT2D eigenvalue weighted by Crippen LogP contribution is 2.17. The summed E-state index contributed by atoms with van der Waals surface area (Å²) in [5.41, 5.74) is 0.462.